The number of imide groups is 1. The summed E-state index contributed by atoms with van der Waals surface area (Å²) in [4.78, 5) is 52.5. The van der Waals surface area contributed by atoms with Crippen LogP contribution in [0.25, 0.3) is 0 Å². The molecule has 2 N–H and O–H groups in total. The summed E-state index contributed by atoms with van der Waals surface area (Å²) in [7, 11) is 0. The van der Waals surface area contributed by atoms with E-state index in [9.17, 15) is 19.2 Å². The summed E-state index contributed by atoms with van der Waals surface area (Å²) in [6.07, 6.45) is 6.10. The molecule has 0 unspecified atom stereocenters. The predicted molar refractivity (Wildman–Crippen MR) is 112 cm³/mol. The minimum absolute atomic E-state index is 0.122. The molecule has 2 aliphatic heterocycles. The Morgan fingerprint density at radius 2 is 1.80 bits per heavy atom. The van der Waals surface area contributed by atoms with E-state index in [2.05, 4.69) is 10.6 Å². The van der Waals surface area contributed by atoms with Crippen LogP contribution < -0.4 is 10.6 Å². The SMILES string of the molecule is CC(C)C[C@@H](C(=O)Nc1ccc2c(c1)C(=O)NCC2)N1C(=O)[C@H]2CC=CC[C@H]2C1=O. The Balaban J connectivity index is 1.58. The molecule has 4 rings (SSSR count). The minimum atomic E-state index is -0.861. The molecule has 0 radical (unpaired) electrons. The normalized spacial score (nSPS) is 23.8. The van der Waals surface area contributed by atoms with Gasteiger partial charge in [0.25, 0.3) is 5.91 Å². The number of hydrogen-bond donors (Lipinski definition) is 2. The van der Waals surface area contributed by atoms with E-state index in [1.807, 2.05) is 32.1 Å². The molecule has 158 valence electrons. The van der Waals surface area contributed by atoms with Gasteiger partial charge in [-0.15, -0.1) is 0 Å². The average Bonchev–Trinajstić information content (AvgIpc) is 2.97. The second-order valence-corrected chi connectivity index (χ2v) is 8.71. The van der Waals surface area contributed by atoms with Crippen molar-refractivity contribution in [2.24, 2.45) is 17.8 Å². The maximum atomic E-state index is 13.2. The first-order valence-corrected chi connectivity index (χ1v) is 10.6. The summed E-state index contributed by atoms with van der Waals surface area (Å²) in [6.45, 7) is 4.52. The van der Waals surface area contributed by atoms with Crippen LogP contribution in [0, 0.1) is 17.8 Å². The number of rotatable bonds is 5. The number of carbonyl (C=O) groups excluding carboxylic acids is 4. The number of anilines is 1. The molecule has 3 atom stereocenters. The van der Waals surface area contributed by atoms with Crippen molar-refractivity contribution in [3.05, 3.63) is 41.5 Å². The van der Waals surface area contributed by atoms with E-state index < -0.39 is 11.9 Å². The van der Waals surface area contributed by atoms with Gasteiger partial charge in [-0.1, -0.05) is 32.1 Å². The number of fused-ring (bicyclic) bond motifs is 2. The minimum Gasteiger partial charge on any atom is -0.352 e. The fraction of sp³-hybridized carbons (Fsp3) is 0.478. The second kappa shape index (κ2) is 8.05. The van der Waals surface area contributed by atoms with Crippen molar-refractivity contribution in [2.75, 3.05) is 11.9 Å². The number of allylic oxidation sites excluding steroid dienone is 2. The maximum Gasteiger partial charge on any atom is 0.251 e. The Morgan fingerprint density at radius 3 is 2.43 bits per heavy atom. The van der Waals surface area contributed by atoms with Crippen LogP contribution in [0.3, 0.4) is 0 Å². The third kappa shape index (κ3) is 3.64. The third-order valence-corrected chi connectivity index (χ3v) is 6.15. The van der Waals surface area contributed by atoms with E-state index in [0.29, 0.717) is 37.1 Å². The molecule has 7 heteroatoms. The molecule has 0 bridgehead atoms. The smallest absolute Gasteiger partial charge is 0.251 e. The number of amides is 4. The average molecular weight is 409 g/mol. The number of hydrogen-bond acceptors (Lipinski definition) is 4. The van der Waals surface area contributed by atoms with Crippen molar-refractivity contribution >= 4 is 29.3 Å². The molecule has 3 aliphatic rings. The van der Waals surface area contributed by atoms with E-state index in [4.69, 9.17) is 0 Å². The predicted octanol–water partition coefficient (Wildman–Crippen LogP) is 2.28. The number of benzene rings is 1. The Labute approximate surface area is 175 Å². The fourth-order valence-corrected chi connectivity index (χ4v) is 4.62. The van der Waals surface area contributed by atoms with Gasteiger partial charge in [-0.3, -0.25) is 24.1 Å². The Bertz CT molecular complexity index is 910. The maximum absolute atomic E-state index is 13.2. The highest BCUT2D eigenvalue weighted by atomic mass is 16.2. The topological polar surface area (TPSA) is 95.6 Å². The number of nitrogens with one attached hydrogen (secondary N) is 2. The van der Waals surface area contributed by atoms with Crippen LogP contribution in [0.1, 0.15) is 49.0 Å². The van der Waals surface area contributed by atoms with Gasteiger partial charge in [0, 0.05) is 17.8 Å². The zero-order valence-corrected chi connectivity index (χ0v) is 17.3. The van der Waals surface area contributed by atoms with Gasteiger partial charge in [0.05, 0.1) is 11.8 Å². The summed E-state index contributed by atoms with van der Waals surface area (Å²) < 4.78 is 0. The monoisotopic (exact) mass is 409 g/mol. The zero-order chi connectivity index (χ0) is 21.4. The molecular formula is C23H27N3O4. The van der Waals surface area contributed by atoms with Gasteiger partial charge in [-0.05, 0) is 49.3 Å². The van der Waals surface area contributed by atoms with Gasteiger partial charge >= 0.3 is 0 Å². The van der Waals surface area contributed by atoms with Crippen LogP contribution in [0.4, 0.5) is 5.69 Å². The van der Waals surface area contributed by atoms with Gasteiger partial charge in [0.15, 0.2) is 0 Å². The van der Waals surface area contributed by atoms with Crippen LogP contribution >= 0.6 is 0 Å². The summed E-state index contributed by atoms with van der Waals surface area (Å²) in [6, 6.07) is 4.40. The van der Waals surface area contributed by atoms with Crippen LogP contribution in [0.5, 0.6) is 0 Å². The molecule has 4 amide bonds. The number of nitrogens with zero attached hydrogens (tertiary/aromatic N) is 1. The fourth-order valence-electron chi connectivity index (χ4n) is 4.62. The lowest BCUT2D eigenvalue weighted by Gasteiger charge is -2.27. The molecule has 0 aromatic heterocycles. The molecule has 1 aromatic rings. The lowest BCUT2D eigenvalue weighted by Crippen LogP contribution is -2.48. The summed E-state index contributed by atoms with van der Waals surface area (Å²) in [5, 5.41) is 5.63. The lowest BCUT2D eigenvalue weighted by molar-refractivity contribution is -0.147. The lowest BCUT2D eigenvalue weighted by atomic mass is 9.85. The first-order valence-electron chi connectivity index (χ1n) is 10.6. The van der Waals surface area contributed by atoms with Gasteiger partial charge in [0.1, 0.15) is 6.04 Å². The molecule has 1 fully saturated rings. The van der Waals surface area contributed by atoms with E-state index >= 15 is 0 Å². The molecule has 0 spiro atoms. The number of carbonyl (C=O) groups is 4. The van der Waals surface area contributed by atoms with E-state index in [1.165, 1.54) is 4.90 Å². The highest BCUT2D eigenvalue weighted by molar-refractivity contribution is 6.10. The molecule has 30 heavy (non-hydrogen) atoms. The number of likely N-dealkylation sites (tertiary alicyclic amines) is 1. The highest BCUT2D eigenvalue weighted by Crippen LogP contribution is 2.37. The third-order valence-electron chi connectivity index (χ3n) is 6.15. The van der Waals surface area contributed by atoms with Crippen molar-refractivity contribution in [2.45, 2.75) is 45.6 Å². The Kier molecular flexibility index (Phi) is 5.45. The van der Waals surface area contributed by atoms with Crippen molar-refractivity contribution < 1.29 is 19.2 Å². The van der Waals surface area contributed by atoms with Crippen molar-refractivity contribution in [3.8, 4) is 0 Å². The van der Waals surface area contributed by atoms with Gasteiger partial charge in [-0.25, -0.2) is 0 Å². The van der Waals surface area contributed by atoms with Gasteiger partial charge < -0.3 is 10.6 Å². The van der Waals surface area contributed by atoms with Crippen LogP contribution in [-0.4, -0.2) is 41.1 Å². The van der Waals surface area contributed by atoms with Crippen LogP contribution in [-0.2, 0) is 20.8 Å². The largest absolute Gasteiger partial charge is 0.352 e. The molecule has 7 nitrogen and oxygen atoms in total. The summed E-state index contributed by atoms with van der Waals surface area (Å²) >= 11 is 0. The van der Waals surface area contributed by atoms with Crippen molar-refractivity contribution in [3.63, 3.8) is 0 Å². The zero-order valence-electron chi connectivity index (χ0n) is 17.3. The van der Waals surface area contributed by atoms with Crippen LogP contribution in [0.15, 0.2) is 30.4 Å². The summed E-state index contributed by atoms with van der Waals surface area (Å²) in [5.41, 5.74) is 1.98. The standard InChI is InChI=1S/C23H27N3O4/c1-13(2)11-19(26-22(29)16-5-3-4-6-17(16)23(26)30)21(28)25-15-8-7-14-9-10-24-20(27)18(14)12-15/h3-4,7-8,12-13,16-17,19H,5-6,9-11H2,1-2H3,(H,24,27)(H,25,28)/t16-,17+,19-/m0/s1. The highest BCUT2D eigenvalue weighted by Gasteiger charge is 2.51. The van der Waals surface area contributed by atoms with Crippen LogP contribution in [0.2, 0.25) is 0 Å². The molecule has 0 saturated carbocycles. The first kappa shape index (κ1) is 20.3. The van der Waals surface area contributed by atoms with Crippen molar-refractivity contribution in [1.82, 2.24) is 10.2 Å². The Hall–Kier alpha value is -2.96. The van der Waals surface area contributed by atoms with E-state index in [-0.39, 0.29) is 35.5 Å². The van der Waals surface area contributed by atoms with Gasteiger partial charge in [0.2, 0.25) is 17.7 Å². The molecule has 2 heterocycles. The Morgan fingerprint density at radius 1 is 1.13 bits per heavy atom. The van der Waals surface area contributed by atoms with Gasteiger partial charge in [-0.2, -0.15) is 0 Å². The van der Waals surface area contributed by atoms with E-state index in [0.717, 1.165) is 12.0 Å². The van der Waals surface area contributed by atoms with Crippen molar-refractivity contribution in [1.29, 1.82) is 0 Å². The molecule has 1 saturated heterocycles. The van der Waals surface area contributed by atoms with E-state index in [1.54, 1.807) is 12.1 Å². The molecule has 1 aliphatic carbocycles. The first-order chi connectivity index (χ1) is 14.4. The summed E-state index contributed by atoms with van der Waals surface area (Å²) in [5.74, 6) is -1.66. The quantitative estimate of drug-likeness (QED) is 0.576. The molecular weight excluding hydrogens is 382 g/mol. The second-order valence-electron chi connectivity index (χ2n) is 8.71. The molecule has 1 aromatic carbocycles.